The largest absolute Gasteiger partial charge is 0.474 e. The molecule has 7 heteroatoms. The topological polar surface area (TPSA) is 69.7 Å². The van der Waals surface area contributed by atoms with Gasteiger partial charge >= 0.3 is 6.09 Å². The minimum atomic E-state index is -0.394. The Morgan fingerprint density at radius 3 is 2.73 bits per heavy atom. The van der Waals surface area contributed by atoms with Crippen LogP contribution in [0.25, 0.3) is 5.57 Å². The van der Waals surface area contributed by atoms with Crippen LogP contribution in [0.2, 0.25) is 5.15 Å². The molecule has 0 spiro atoms. The van der Waals surface area contributed by atoms with Crippen LogP contribution in [0.3, 0.4) is 0 Å². The maximum atomic E-state index is 11.8. The van der Waals surface area contributed by atoms with E-state index in [-0.39, 0.29) is 17.7 Å². The number of rotatable bonds is 4. The molecule has 0 atom stereocenters. The minimum absolute atomic E-state index is 0.0346. The van der Waals surface area contributed by atoms with E-state index in [1.54, 1.807) is 6.07 Å². The van der Waals surface area contributed by atoms with Gasteiger partial charge in [-0.2, -0.15) is 0 Å². The van der Waals surface area contributed by atoms with Crippen LogP contribution in [-0.2, 0) is 9.47 Å². The molecule has 1 aromatic rings. The van der Waals surface area contributed by atoms with Crippen molar-refractivity contribution in [2.24, 2.45) is 0 Å². The van der Waals surface area contributed by atoms with Gasteiger partial charge in [0.2, 0.25) is 5.88 Å². The fraction of sp³-hybridized carbons (Fsp3) is 0.579. The number of aromatic nitrogens is 1. The number of pyridine rings is 1. The average molecular weight is 381 g/mol. The number of hydrogen-bond acceptors (Lipinski definition) is 5. The summed E-state index contributed by atoms with van der Waals surface area (Å²) in [5.74, 6) is 0.535. The number of carbonyl (C=O) groups excluding carboxylic acids is 1. The zero-order valence-electron chi connectivity index (χ0n) is 15.4. The van der Waals surface area contributed by atoms with Crippen LogP contribution in [0.5, 0.6) is 5.88 Å². The second-order valence-corrected chi connectivity index (χ2v) is 8.04. The molecule has 0 unspecified atom stereocenters. The highest BCUT2D eigenvalue weighted by Crippen LogP contribution is 2.34. The molecule has 26 heavy (non-hydrogen) atoms. The number of halogens is 1. The van der Waals surface area contributed by atoms with Gasteiger partial charge in [0.1, 0.15) is 17.4 Å². The van der Waals surface area contributed by atoms with E-state index in [0.717, 1.165) is 17.6 Å². The van der Waals surface area contributed by atoms with Crippen LogP contribution in [0.15, 0.2) is 18.2 Å². The van der Waals surface area contributed by atoms with Crippen molar-refractivity contribution in [3.8, 4) is 5.88 Å². The molecule has 3 rings (SSSR count). The number of amides is 1. The van der Waals surface area contributed by atoms with Gasteiger partial charge in [-0.05, 0) is 44.9 Å². The molecule has 0 aromatic carbocycles. The first-order valence-corrected chi connectivity index (χ1v) is 9.27. The Labute approximate surface area is 158 Å². The standard InChI is InChI=1S/C19H25ClN2O4/c1-19(2,3)22-18(23)26-14-10-13(11-14)25-17-15(4-5-16(20)21-17)12-6-8-24-9-7-12/h4-6,13-14H,7-11H2,1-3H3,(H,22,23). The molecule has 1 aliphatic carbocycles. The van der Waals surface area contributed by atoms with Gasteiger partial charge in [0.15, 0.2) is 0 Å². The van der Waals surface area contributed by atoms with Crippen molar-refractivity contribution >= 4 is 23.3 Å². The molecule has 6 nitrogen and oxygen atoms in total. The number of carbonyl (C=O) groups is 1. The van der Waals surface area contributed by atoms with Crippen molar-refractivity contribution in [1.82, 2.24) is 10.3 Å². The van der Waals surface area contributed by atoms with Gasteiger partial charge in [0.25, 0.3) is 0 Å². The van der Waals surface area contributed by atoms with E-state index in [1.165, 1.54) is 0 Å². The van der Waals surface area contributed by atoms with Gasteiger partial charge < -0.3 is 19.5 Å². The van der Waals surface area contributed by atoms with Crippen molar-refractivity contribution in [1.29, 1.82) is 0 Å². The molecular weight excluding hydrogens is 356 g/mol. The number of nitrogens with zero attached hydrogens (tertiary/aromatic N) is 1. The minimum Gasteiger partial charge on any atom is -0.474 e. The summed E-state index contributed by atoms with van der Waals surface area (Å²) >= 11 is 6.05. The second-order valence-electron chi connectivity index (χ2n) is 7.65. The highest BCUT2D eigenvalue weighted by atomic mass is 35.5. The molecule has 1 N–H and O–H groups in total. The van der Waals surface area contributed by atoms with Crippen molar-refractivity contribution in [2.45, 2.75) is 57.8 Å². The van der Waals surface area contributed by atoms with E-state index in [4.69, 9.17) is 25.8 Å². The molecule has 1 aromatic heterocycles. The lowest BCUT2D eigenvalue weighted by Gasteiger charge is -2.35. The van der Waals surface area contributed by atoms with E-state index in [0.29, 0.717) is 37.1 Å². The van der Waals surface area contributed by atoms with Crippen molar-refractivity contribution in [2.75, 3.05) is 13.2 Å². The van der Waals surface area contributed by atoms with Gasteiger partial charge in [-0.1, -0.05) is 17.7 Å². The second kappa shape index (κ2) is 7.84. The molecule has 1 aliphatic heterocycles. The third kappa shape index (κ3) is 5.11. The summed E-state index contributed by atoms with van der Waals surface area (Å²) in [5, 5.41) is 3.19. The Hall–Kier alpha value is -1.79. The predicted octanol–water partition coefficient (Wildman–Crippen LogP) is 3.97. The van der Waals surface area contributed by atoms with E-state index >= 15 is 0 Å². The first-order chi connectivity index (χ1) is 12.3. The lowest BCUT2D eigenvalue weighted by atomic mass is 9.92. The lowest BCUT2D eigenvalue weighted by molar-refractivity contribution is -0.0260. The number of nitrogens with one attached hydrogen (secondary N) is 1. The normalized spacial score (nSPS) is 22.8. The molecule has 2 aliphatic rings. The van der Waals surface area contributed by atoms with Gasteiger partial charge in [-0.15, -0.1) is 0 Å². The van der Waals surface area contributed by atoms with Gasteiger partial charge in [-0.3, -0.25) is 0 Å². The Morgan fingerprint density at radius 1 is 1.31 bits per heavy atom. The van der Waals surface area contributed by atoms with Crippen molar-refractivity contribution in [3.05, 3.63) is 28.9 Å². The molecule has 0 radical (unpaired) electrons. The zero-order valence-corrected chi connectivity index (χ0v) is 16.1. The maximum Gasteiger partial charge on any atom is 0.407 e. The fourth-order valence-corrected chi connectivity index (χ4v) is 3.02. The van der Waals surface area contributed by atoms with Crippen LogP contribution >= 0.6 is 11.6 Å². The van der Waals surface area contributed by atoms with Crippen LogP contribution in [-0.4, -0.2) is 42.0 Å². The summed E-state index contributed by atoms with van der Waals surface area (Å²) in [7, 11) is 0. The Bertz CT molecular complexity index is 693. The number of alkyl carbamates (subject to hydrolysis) is 1. The average Bonchev–Trinajstić information content (AvgIpc) is 2.52. The molecule has 1 saturated carbocycles. The third-order valence-corrected chi connectivity index (χ3v) is 4.43. The third-order valence-electron chi connectivity index (χ3n) is 4.22. The Kier molecular flexibility index (Phi) is 5.73. The Morgan fingerprint density at radius 2 is 2.08 bits per heavy atom. The SMILES string of the molecule is CC(C)(C)NC(=O)OC1CC(Oc2nc(Cl)ccc2C2=CCOCC2)C1. The molecule has 2 heterocycles. The molecule has 1 fully saturated rings. The molecule has 0 bridgehead atoms. The number of hydrogen-bond donors (Lipinski definition) is 1. The zero-order chi connectivity index (χ0) is 18.7. The number of ether oxygens (including phenoxy) is 3. The van der Waals surface area contributed by atoms with E-state index in [2.05, 4.69) is 10.3 Å². The summed E-state index contributed by atoms with van der Waals surface area (Å²) in [6.45, 7) is 7.03. The lowest BCUT2D eigenvalue weighted by Crippen LogP contribution is -2.46. The summed E-state index contributed by atoms with van der Waals surface area (Å²) < 4.78 is 16.8. The molecule has 0 saturated heterocycles. The van der Waals surface area contributed by atoms with Crippen molar-refractivity contribution < 1.29 is 19.0 Å². The smallest absolute Gasteiger partial charge is 0.407 e. The predicted molar refractivity (Wildman–Crippen MR) is 99.5 cm³/mol. The Balaban J connectivity index is 1.57. The van der Waals surface area contributed by atoms with Crippen molar-refractivity contribution in [3.63, 3.8) is 0 Å². The molecular formula is C19H25ClN2O4. The van der Waals surface area contributed by atoms with E-state index < -0.39 is 6.09 Å². The first-order valence-electron chi connectivity index (χ1n) is 8.89. The monoisotopic (exact) mass is 380 g/mol. The maximum absolute atomic E-state index is 11.8. The van der Waals surface area contributed by atoms with Gasteiger partial charge in [0.05, 0.1) is 13.2 Å². The summed E-state index contributed by atoms with van der Waals surface area (Å²) in [4.78, 5) is 16.2. The fourth-order valence-electron chi connectivity index (χ4n) is 2.88. The van der Waals surface area contributed by atoms with E-state index in [9.17, 15) is 4.79 Å². The quantitative estimate of drug-likeness (QED) is 0.800. The van der Waals surface area contributed by atoms with E-state index in [1.807, 2.05) is 32.9 Å². The van der Waals surface area contributed by atoms with Crippen LogP contribution < -0.4 is 10.1 Å². The van der Waals surface area contributed by atoms with Crippen LogP contribution in [0.4, 0.5) is 4.79 Å². The summed E-state index contributed by atoms with van der Waals surface area (Å²) in [6.07, 6.45) is 3.60. The van der Waals surface area contributed by atoms with Crippen LogP contribution in [0, 0.1) is 0 Å². The molecule has 142 valence electrons. The summed E-state index contributed by atoms with van der Waals surface area (Å²) in [6, 6.07) is 3.70. The van der Waals surface area contributed by atoms with Gasteiger partial charge in [-0.25, -0.2) is 9.78 Å². The highest BCUT2D eigenvalue weighted by molar-refractivity contribution is 6.29. The summed E-state index contributed by atoms with van der Waals surface area (Å²) in [5.41, 5.74) is 1.80. The van der Waals surface area contributed by atoms with Crippen LogP contribution in [0.1, 0.15) is 45.6 Å². The van der Waals surface area contributed by atoms with Gasteiger partial charge in [0, 0.05) is 23.9 Å². The first kappa shape index (κ1) is 19.0. The molecule has 1 amide bonds. The highest BCUT2D eigenvalue weighted by Gasteiger charge is 2.35.